The molecule has 0 fully saturated rings. The smallest absolute Gasteiger partial charge is 0.306 e. The van der Waals surface area contributed by atoms with Gasteiger partial charge in [-0.25, -0.2) is 0 Å². The molecule has 0 aliphatic heterocycles. The van der Waals surface area contributed by atoms with Gasteiger partial charge in [0.2, 0.25) is 5.91 Å². The van der Waals surface area contributed by atoms with Crippen LogP contribution in [0, 0.1) is 0 Å². The maximum atomic E-state index is 11.7. The minimum absolute atomic E-state index is 0.184. The maximum Gasteiger partial charge on any atom is 0.306 e. The third-order valence-corrected chi connectivity index (χ3v) is 3.95. The summed E-state index contributed by atoms with van der Waals surface area (Å²) in [5.41, 5.74) is 5.06. The van der Waals surface area contributed by atoms with Gasteiger partial charge in [0.15, 0.2) is 0 Å². The number of carbonyl (C=O) groups is 2. The molecule has 0 heterocycles. The first kappa shape index (κ1) is 17.1. The summed E-state index contributed by atoms with van der Waals surface area (Å²) in [6.45, 7) is 1.64. The predicted octanol–water partition coefficient (Wildman–Crippen LogP) is 2.37. The molecule has 20 heavy (non-hydrogen) atoms. The average molecular weight is 408 g/mol. The summed E-state index contributed by atoms with van der Waals surface area (Å²) in [4.78, 5) is 22.8. The van der Waals surface area contributed by atoms with Crippen molar-refractivity contribution in [3.63, 3.8) is 0 Å². The highest BCUT2D eigenvalue weighted by atomic mass is 79.9. The average Bonchev–Trinajstić information content (AvgIpc) is 2.35. The van der Waals surface area contributed by atoms with Gasteiger partial charge in [0, 0.05) is 8.95 Å². The van der Waals surface area contributed by atoms with Gasteiger partial charge in [-0.2, -0.15) is 0 Å². The minimum Gasteiger partial charge on any atom is -0.481 e. The molecule has 0 saturated carbocycles. The van der Waals surface area contributed by atoms with E-state index in [0.29, 0.717) is 12.0 Å². The fourth-order valence-corrected chi connectivity index (χ4v) is 3.34. The summed E-state index contributed by atoms with van der Waals surface area (Å²) >= 11 is 6.74. The Kier molecular flexibility index (Phi) is 6.16. The van der Waals surface area contributed by atoms with E-state index in [2.05, 4.69) is 37.2 Å². The van der Waals surface area contributed by atoms with Gasteiger partial charge in [0.1, 0.15) is 0 Å². The molecule has 0 aliphatic rings. The zero-order valence-corrected chi connectivity index (χ0v) is 14.1. The van der Waals surface area contributed by atoms with E-state index < -0.39 is 11.5 Å². The fraction of sp³-hybridized carbons (Fsp3) is 0.385. The highest BCUT2D eigenvalue weighted by molar-refractivity contribution is 9.11. The molecule has 1 aromatic carbocycles. The van der Waals surface area contributed by atoms with E-state index >= 15 is 0 Å². The van der Waals surface area contributed by atoms with Crippen LogP contribution >= 0.6 is 31.9 Å². The number of carboxylic acid groups (broad SMARTS) is 1. The Morgan fingerprint density at radius 2 is 1.85 bits per heavy atom. The first-order valence-electron chi connectivity index (χ1n) is 6.02. The highest BCUT2D eigenvalue weighted by Gasteiger charge is 2.35. The number of hydrogen-bond acceptors (Lipinski definition) is 3. The van der Waals surface area contributed by atoms with Crippen LogP contribution in [0.3, 0.4) is 0 Å². The molecule has 1 rings (SSSR count). The molecule has 1 unspecified atom stereocenters. The molecule has 0 aromatic heterocycles. The lowest BCUT2D eigenvalue weighted by molar-refractivity contribution is -0.139. The molecule has 5 nitrogen and oxygen atoms in total. The fourth-order valence-electron chi connectivity index (χ4n) is 2.04. The number of carboxylic acids is 1. The van der Waals surface area contributed by atoms with Gasteiger partial charge < -0.3 is 16.2 Å². The van der Waals surface area contributed by atoms with Crippen LogP contribution in [0.2, 0.25) is 0 Å². The molecule has 1 aromatic rings. The lowest BCUT2D eigenvalue weighted by Crippen LogP contribution is -2.49. The monoisotopic (exact) mass is 406 g/mol. The molecule has 0 bridgehead atoms. The van der Waals surface area contributed by atoms with Crippen LogP contribution in [0.1, 0.15) is 25.3 Å². The zero-order chi connectivity index (χ0) is 15.3. The van der Waals surface area contributed by atoms with Crippen molar-refractivity contribution in [1.29, 1.82) is 0 Å². The molecule has 0 aliphatic carbocycles. The number of halogens is 2. The Morgan fingerprint density at radius 1 is 1.30 bits per heavy atom. The summed E-state index contributed by atoms with van der Waals surface area (Å²) in [6, 6.07) is 5.44. The molecule has 0 spiro atoms. The molecule has 7 heteroatoms. The quantitative estimate of drug-likeness (QED) is 0.674. The van der Waals surface area contributed by atoms with Crippen LogP contribution in [0.15, 0.2) is 27.1 Å². The summed E-state index contributed by atoms with van der Waals surface area (Å²) < 4.78 is 1.60. The van der Waals surface area contributed by atoms with E-state index in [1.807, 2.05) is 13.0 Å². The summed E-state index contributed by atoms with van der Waals surface area (Å²) in [5, 5.41) is 11.9. The SMILES string of the molecule is CCC(CC(=O)O)(NC(=O)CN)c1cc(Br)cc(Br)c1. The van der Waals surface area contributed by atoms with Crippen LogP contribution in [-0.2, 0) is 15.1 Å². The molecule has 1 atom stereocenters. The highest BCUT2D eigenvalue weighted by Crippen LogP contribution is 2.33. The number of aliphatic carboxylic acids is 1. The maximum absolute atomic E-state index is 11.7. The van der Waals surface area contributed by atoms with E-state index in [1.165, 1.54) is 0 Å². The van der Waals surface area contributed by atoms with Crippen molar-refractivity contribution >= 4 is 43.7 Å². The second-order valence-electron chi connectivity index (χ2n) is 4.42. The van der Waals surface area contributed by atoms with Crippen LogP contribution < -0.4 is 11.1 Å². The van der Waals surface area contributed by atoms with Crippen LogP contribution in [0.5, 0.6) is 0 Å². The van der Waals surface area contributed by atoms with Crippen molar-refractivity contribution in [2.45, 2.75) is 25.3 Å². The normalized spacial score (nSPS) is 13.6. The van der Waals surface area contributed by atoms with Crippen molar-refractivity contribution in [2.75, 3.05) is 6.54 Å². The van der Waals surface area contributed by atoms with E-state index in [9.17, 15) is 9.59 Å². The molecule has 1 amide bonds. The van der Waals surface area contributed by atoms with Gasteiger partial charge in [0.25, 0.3) is 0 Å². The number of benzene rings is 1. The topological polar surface area (TPSA) is 92.4 Å². The Morgan fingerprint density at radius 3 is 2.25 bits per heavy atom. The number of carbonyl (C=O) groups excluding carboxylic acids is 1. The standard InChI is InChI=1S/C13H16Br2N2O3/c1-2-13(6-12(19)20,17-11(18)7-16)8-3-9(14)5-10(15)4-8/h3-5H,2,6-7,16H2,1H3,(H,17,18)(H,19,20). The number of nitrogens with one attached hydrogen (secondary N) is 1. The second kappa shape index (κ2) is 7.19. The van der Waals surface area contributed by atoms with E-state index in [1.54, 1.807) is 12.1 Å². The largest absolute Gasteiger partial charge is 0.481 e. The van der Waals surface area contributed by atoms with Crippen molar-refractivity contribution in [3.8, 4) is 0 Å². The Hall–Kier alpha value is -0.920. The third-order valence-electron chi connectivity index (χ3n) is 3.04. The summed E-state index contributed by atoms with van der Waals surface area (Å²) in [7, 11) is 0. The van der Waals surface area contributed by atoms with E-state index in [-0.39, 0.29) is 18.9 Å². The zero-order valence-electron chi connectivity index (χ0n) is 11.0. The van der Waals surface area contributed by atoms with Gasteiger partial charge in [-0.1, -0.05) is 38.8 Å². The summed E-state index contributed by atoms with van der Waals surface area (Å²) in [5.74, 6) is -1.37. The van der Waals surface area contributed by atoms with E-state index in [0.717, 1.165) is 8.95 Å². The van der Waals surface area contributed by atoms with Crippen LogP contribution in [0.4, 0.5) is 0 Å². The van der Waals surface area contributed by atoms with Gasteiger partial charge in [-0.3, -0.25) is 9.59 Å². The molecular weight excluding hydrogens is 392 g/mol. The van der Waals surface area contributed by atoms with Gasteiger partial charge in [0.05, 0.1) is 18.5 Å². The third kappa shape index (κ3) is 4.29. The minimum atomic E-state index is -0.986. The van der Waals surface area contributed by atoms with Gasteiger partial charge >= 0.3 is 5.97 Å². The van der Waals surface area contributed by atoms with Gasteiger partial charge in [-0.05, 0) is 30.2 Å². The lowest BCUT2D eigenvalue weighted by atomic mass is 9.84. The molecule has 0 radical (unpaired) electrons. The van der Waals surface area contributed by atoms with E-state index in [4.69, 9.17) is 10.8 Å². The number of amides is 1. The second-order valence-corrected chi connectivity index (χ2v) is 6.25. The summed E-state index contributed by atoms with van der Waals surface area (Å²) in [6.07, 6.45) is 0.228. The van der Waals surface area contributed by atoms with Crippen molar-refractivity contribution < 1.29 is 14.7 Å². The Balaban J connectivity index is 3.32. The van der Waals surface area contributed by atoms with Crippen molar-refractivity contribution in [3.05, 3.63) is 32.7 Å². The lowest BCUT2D eigenvalue weighted by Gasteiger charge is -2.33. The number of nitrogens with two attached hydrogens (primary N) is 1. The van der Waals surface area contributed by atoms with Crippen LogP contribution in [-0.4, -0.2) is 23.5 Å². The molecule has 110 valence electrons. The first-order valence-corrected chi connectivity index (χ1v) is 7.61. The Bertz CT molecular complexity index is 502. The van der Waals surface area contributed by atoms with Gasteiger partial charge in [-0.15, -0.1) is 0 Å². The molecule has 4 N–H and O–H groups in total. The number of rotatable bonds is 6. The molecule has 0 saturated heterocycles. The predicted molar refractivity (Wildman–Crippen MR) is 83.3 cm³/mol. The number of hydrogen-bond donors (Lipinski definition) is 3. The van der Waals surface area contributed by atoms with Crippen LogP contribution in [0.25, 0.3) is 0 Å². The van der Waals surface area contributed by atoms with Crippen molar-refractivity contribution in [1.82, 2.24) is 5.32 Å². The Labute approximate surface area is 134 Å². The molecular formula is C13H16Br2N2O3. The van der Waals surface area contributed by atoms with Crippen molar-refractivity contribution in [2.24, 2.45) is 5.73 Å². The first-order chi connectivity index (χ1) is 9.32.